The molecule has 12 heteroatoms. The van der Waals surface area contributed by atoms with Crippen molar-refractivity contribution in [2.45, 2.75) is 31.6 Å². The van der Waals surface area contributed by atoms with Crippen LogP contribution >= 0.6 is 23.4 Å². The first-order valence-electron chi connectivity index (χ1n) is 10.5. The average Bonchev–Trinajstić information content (AvgIpc) is 3.22. The van der Waals surface area contributed by atoms with E-state index in [1.165, 1.54) is 12.1 Å². The zero-order chi connectivity index (χ0) is 25.5. The standard InChI is InChI=1S/C23H23ClN6O4S/c1-4-10-29-21(15(3)25-22(32)16-6-5-7-17(24)11-16)27-28-23(29)35-13-20(31)26-19-12-18(30(33)34)9-8-14(19)2/h4-9,11-12,15H,1,10,13H2,2-3H3,(H,25,32)(H,26,31). The van der Waals surface area contributed by atoms with Crippen LogP contribution < -0.4 is 10.6 Å². The quantitative estimate of drug-likeness (QED) is 0.175. The summed E-state index contributed by atoms with van der Waals surface area (Å²) in [6.45, 7) is 7.65. The van der Waals surface area contributed by atoms with Crippen molar-refractivity contribution in [3.8, 4) is 0 Å². The summed E-state index contributed by atoms with van der Waals surface area (Å²) < 4.78 is 1.76. The fourth-order valence-electron chi connectivity index (χ4n) is 3.18. The Hall–Kier alpha value is -3.70. The fourth-order valence-corrected chi connectivity index (χ4v) is 4.12. The van der Waals surface area contributed by atoms with Gasteiger partial charge < -0.3 is 15.2 Å². The molecule has 1 atom stereocenters. The highest BCUT2D eigenvalue weighted by Crippen LogP contribution is 2.24. The number of nitro groups is 1. The zero-order valence-electron chi connectivity index (χ0n) is 19.0. The second kappa shape index (κ2) is 11.6. The number of hydrogen-bond acceptors (Lipinski definition) is 7. The molecule has 0 radical (unpaired) electrons. The summed E-state index contributed by atoms with van der Waals surface area (Å²) in [5.41, 5.74) is 1.38. The summed E-state index contributed by atoms with van der Waals surface area (Å²) in [6, 6.07) is 10.4. The highest BCUT2D eigenvalue weighted by molar-refractivity contribution is 7.99. The maximum absolute atomic E-state index is 12.6. The SMILES string of the molecule is C=CCn1c(SCC(=O)Nc2cc([N+](=O)[O-])ccc2C)nnc1C(C)NC(=O)c1cccc(Cl)c1. The minimum absolute atomic E-state index is 0.000657. The van der Waals surface area contributed by atoms with E-state index in [2.05, 4.69) is 27.4 Å². The molecule has 10 nitrogen and oxygen atoms in total. The molecule has 3 rings (SSSR count). The number of nitrogens with one attached hydrogen (secondary N) is 2. The predicted octanol–water partition coefficient (Wildman–Crippen LogP) is 4.56. The average molecular weight is 515 g/mol. The van der Waals surface area contributed by atoms with Gasteiger partial charge in [-0.25, -0.2) is 0 Å². The van der Waals surface area contributed by atoms with Crippen LogP contribution in [0.25, 0.3) is 0 Å². The fraction of sp³-hybridized carbons (Fsp3) is 0.217. The van der Waals surface area contributed by atoms with Crippen LogP contribution in [0.5, 0.6) is 0 Å². The molecule has 2 aromatic carbocycles. The number of aryl methyl sites for hydroxylation is 1. The Morgan fingerprint density at radius 1 is 1.29 bits per heavy atom. The molecule has 0 bridgehead atoms. The Morgan fingerprint density at radius 2 is 2.06 bits per heavy atom. The largest absolute Gasteiger partial charge is 0.342 e. The van der Waals surface area contributed by atoms with E-state index in [1.807, 2.05) is 0 Å². The monoisotopic (exact) mass is 514 g/mol. The highest BCUT2D eigenvalue weighted by atomic mass is 35.5. The minimum Gasteiger partial charge on any atom is -0.342 e. The van der Waals surface area contributed by atoms with Crippen molar-refractivity contribution in [3.05, 3.63) is 87.2 Å². The number of hydrogen-bond donors (Lipinski definition) is 2. The van der Waals surface area contributed by atoms with Crippen molar-refractivity contribution >= 4 is 46.6 Å². The van der Waals surface area contributed by atoms with Gasteiger partial charge in [0.25, 0.3) is 11.6 Å². The van der Waals surface area contributed by atoms with E-state index in [0.29, 0.717) is 39.4 Å². The van der Waals surface area contributed by atoms with E-state index in [4.69, 9.17) is 11.6 Å². The molecule has 0 aliphatic rings. The van der Waals surface area contributed by atoms with Crippen LogP contribution in [0.4, 0.5) is 11.4 Å². The van der Waals surface area contributed by atoms with Gasteiger partial charge in [-0.15, -0.1) is 16.8 Å². The first kappa shape index (κ1) is 25.9. The lowest BCUT2D eigenvalue weighted by molar-refractivity contribution is -0.384. The molecule has 2 N–H and O–H groups in total. The van der Waals surface area contributed by atoms with Gasteiger partial charge in [-0.2, -0.15) is 0 Å². The van der Waals surface area contributed by atoms with Gasteiger partial charge >= 0.3 is 0 Å². The molecular weight excluding hydrogens is 492 g/mol. The third-order valence-corrected chi connectivity index (χ3v) is 6.12. The lowest BCUT2D eigenvalue weighted by Gasteiger charge is -2.15. The third kappa shape index (κ3) is 6.67. The molecule has 0 aliphatic heterocycles. The number of amides is 2. The van der Waals surface area contributed by atoms with Crippen LogP contribution in [-0.4, -0.2) is 37.3 Å². The number of thioether (sulfide) groups is 1. The van der Waals surface area contributed by atoms with Crippen molar-refractivity contribution < 1.29 is 14.5 Å². The number of anilines is 1. The van der Waals surface area contributed by atoms with Crippen LogP contribution in [0.15, 0.2) is 60.3 Å². The number of allylic oxidation sites excluding steroid dienone is 1. The summed E-state index contributed by atoms with van der Waals surface area (Å²) in [6.07, 6.45) is 1.66. The molecular formula is C23H23ClN6O4S. The highest BCUT2D eigenvalue weighted by Gasteiger charge is 2.21. The summed E-state index contributed by atoms with van der Waals surface area (Å²) >= 11 is 7.12. The van der Waals surface area contributed by atoms with Gasteiger partial charge in [0, 0.05) is 29.3 Å². The number of halogens is 1. The van der Waals surface area contributed by atoms with Gasteiger partial charge in [0.1, 0.15) is 0 Å². The number of aromatic nitrogens is 3. The molecule has 3 aromatic rings. The van der Waals surface area contributed by atoms with Crippen LogP contribution in [0, 0.1) is 17.0 Å². The van der Waals surface area contributed by atoms with E-state index in [9.17, 15) is 19.7 Å². The molecule has 182 valence electrons. The smallest absolute Gasteiger partial charge is 0.271 e. The third-order valence-electron chi connectivity index (χ3n) is 4.92. The number of nitrogens with zero attached hydrogens (tertiary/aromatic N) is 4. The first-order chi connectivity index (χ1) is 16.7. The van der Waals surface area contributed by atoms with Gasteiger partial charge in [0.05, 0.1) is 22.4 Å². The Kier molecular flexibility index (Phi) is 8.61. The van der Waals surface area contributed by atoms with Crippen LogP contribution in [-0.2, 0) is 11.3 Å². The zero-order valence-corrected chi connectivity index (χ0v) is 20.6. The molecule has 1 aromatic heterocycles. The molecule has 1 unspecified atom stereocenters. The lowest BCUT2D eigenvalue weighted by atomic mass is 10.2. The van der Waals surface area contributed by atoms with Crippen LogP contribution in [0.3, 0.4) is 0 Å². The molecule has 0 saturated carbocycles. The number of rotatable bonds is 10. The molecule has 0 fully saturated rings. The van der Waals surface area contributed by atoms with E-state index in [0.717, 1.165) is 11.8 Å². The Balaban J connectivity index is 1.68. The predicted molar refractivity (Wildman–Crippen MR) is 135 cm³/mol. The first-order valence-corrected chi connectivity index (χ1v) is 11.8. The van der Waals surface area contributed by atoms with Crippen molar-refractivity contribution in [2.75, 3.05) is 11.1 Å². The molecule has 0 saturated heterocycles. The van der Waals surface area contributed by atoms with Gasteiger partial charge in [0.15, 0.2) is 11.0 Å². The van der Waals surface area contributed by atoms with E-state index >= 15 is 0 Å². The van der Waals surface area contributed by atoms with Crippen molar-refractivity contribution in [2.24, 2.45) is 0 Å². The number of non-ortho nitro benzene ring substituents is 1. The second-order valence-corrected chi connectivity index (χ2v) is 8.92. The maximum Gasteiger partial charge on any atom is 0.271 e. The maximum atomic E-state index is 12.6. The topological polar surface area (TPSA) is 132 Å². The van der Waals surface area contributed by atoms with Gasteiger partial charge in [-0.05, 0) is 37.6 Å². The summed E-state index contributed by atoms with van der Waals surface area (Å²) in [4.78, 5) is 35.6. The number of nitro benzene ring substituents is 1. The summed E-state index contributed by atoms with van der Waals surface area (Å²) in [7, 11) is 0. The van der Waals surface area contributed by atoms with E-state index < -0.39 is 11.0 Å². The summed E-state index contributed by atoms with van der Waals surface area (Å²) in [5.74, 6) is -0.164. The normalized spacial score (nSPS) is 11.5. The molecule has 1 heterocycles. The second-order valence-electron chi connectivity index (χ2n) is 7.54. The van der Waals surface area contributed by atoms with Crippen molar-refractivity contribution in [1.29, 1.82) is 0 Å². The Morgan fingerprint density at radius 3 is 2.74 bits per heavy atom. The van der Waals surface area contributed by atoms with Gasteiger partial charge in [-0.3, -0.25) is 19.7 Å². The Bertz CT molecular complexity index is 1280. The molecule has 0 aliphatic carbocycles. The lowest BCUT2D eigenvalue weighted by Crippen LogP contribution is -2.28. The number of benzene rings is 2. The van der Waals surface area contributed by atoms with Crippen LogP contribution in [0.1, 0.15) is 34.7 Å². The summed E-state index contributed by atoms with van der Waals surface area (Å²) in [5, 5.41) is 25.9. The van der Waals surface area contributed by atoms with Crippen molar-refractivity contribution in [1.82, 2.24) is 20.1 Å². The van der Waals surface area contributed by atoms with E-state index in [-0.39, 0.29) is 23.3 Å². The van der Waals surface area contributed by atoms with Gasteiger partial charge in [0.2, 0.25) is 5.91 Å². The van der Waals surface area contributed by atoms with Crippen molar-refractivity contribution in [3.63, 3.8) is 0 Å². The molecule has 35 heavy (non-hydrogen) atoms. The number of carbonyl (C=O) groups is 2. The van der Waals surface area contributed by atoms with Crippen LogP contribution in [0.2, 0.25) is 5.02 Å². The molecule has 2 amide bonds. The van der Waals surface area contributed by atoms with E-state index in [1.54, 1.807) is 54.8 Å². The minimum atomic E-state index is -0.518. The Labute approximate surface area is 210 Å². The molecule has 0 spiro atoms. The number of carbonyl (C=O) groups excluding carboxylic acids is 2. The van der Waals surface area contributed by atoms with Gasteiger partial charge in [-0.1, -0.05) is 41.6 Å².